The van der Waals surface area contributed by atoms with Gasteiger partial charge in [0.15, 0.2) is 0 Å². The van der Waals surface area contributed by atoms with Crippen molar-refractivity contribution in [1.82, 2.24) is 0 Å². The van der Waals surface area contributed by atoms with Crippen LogP contribution in [0, 0.1) is 0 Å². The number of rotatable bonds is 2. The average molecular weight is 181 g/mol. The predicted molar refractivity (Wildman–Crippen MR) is 52.1 cm³/mol. The lowest BCUT2D eigenvalue weighted by atomic mass is 10.2. The van der Waals surface area contributed by atoms with E-state index >= 15 is 0 Å². The van der Waals surface area contributed by atoms with Gasteiger partial charge in [-0.05, 0) is 17.7 Å². The Bertz CT molecular complexity index is 285. The van der Waals surface area contributed by atoms with E-state index in [0.29, 0.717) is 0 Å². The van der Waals surface area contributed by atoms with Gasteiger partial charge in [0.05, 0.1) is 0 Å². The van der Waals surface area contributed by atoms with Crippen LogP contribution in [0.4, 0.5) is 0 Å². The van der Waals surface area contributed by atoms with Gasteiger partial charge >= 0.3 is 0 Å². The van der Waals surface area contributed by atoms with Crippen LogP contribution in [0.25, 0.3) is 6.08 Å². The maximum absolute atomic E-state index is 8.97. The molecule has 0 saturated carbocycles. The van der Waals surface area contributed by atoms with Crippen molar-refractivity contribution in [2.45, 2.75) is 0 Å². The fourth-order valence-corrected chi connectivity index (χ4v) is 0.878. The van der Waals surface area contributed by atoms with E-state index in [9.17, 15) is 0 Å². The quantitative estimate of drug-likeness (QED) is 0.694. The molecule has 0 atom stereocenters. The molecule has 1 rings (SSSR count). The van der Waals surface area contributed by atoms with Crippen molar-refractivity contribution in [2.75, 3.05) is 0 Å². The first-order valence-electron chi connectivity index (χ1n) is 3.55. The van der Waals surface area contributed by atoms with E-state index in [1.165, 1.54) is 5.54 Å². The van der Waals surface area contributed by atoms with Crippen molar-refractivity contribution in [3.8, 4) is 5.75 Å². The number of benzene rings is 1. The smallest absolute Gasteiger partial charge is 0.115 e. The minimum atomic E-state index is 0.278. The minimum absolute atomic E-state index is 0.278. The van der Waals surface area contributed by atoms with Gasteiger partial charge in [-0.1, -0.05) is 42.0 Å². The van der Waals surface area contributed by atoms with Gasteiger partial charge in [-0.25, -0.2) is 0 Å². The Morgan fingerprint density at radius 1 is 1.08 bits per heavy atom. The number of halogens is 1. The van der Waals surface area contributed by atoms with Crippen molar-refractivity contribution >= 4 is 17.7 Å². The standard InChI is InChI=1S/C10H9ClO/c11-8-2-1-3-9-4-6-10(12)7-5-9/h1-8,12H. The SMILES string of the molecule is Oc1ccc(C=CC=CCl)cc1. The highest BCUT2D eigenvalue weighted by atomic mass is 35.5. The molecule has 0 unspecified atom stereocenters. The van der Waals surface area contributed by atoms with Crippen LogP contribution in [0.5, 0.6) is 5.75 Å². The van der Waals surface area contributed by atoms with Crippen molar-refractivity contribution in [2.24, 2.45) is 0 Å². The summed E-state index contributed by atoms with van der Waals surface area (Å²) in [5.74, 6) is 0.278. The van der Waals surface area contributed by atoms with E-state index in [0.717, 1.165) is 5.56 Å². The summed E-state index contributed by atoms with van der Waals surface area (Å²) in [5.41, 5.74) is 2.47. The van der Waals surface area contributed by atoms with Gasteiger partial charge in [0, 0.05) is 5.54 Å². The molecule has 0 saturated heterocycles. The number of allylic oxidation sites excluding steroid dienone is 2. The molecule has 0 aromatic heterocycles. The molecule has 1 aromatic carbocycles. The summed E-state index contributed by atoms with van der Waals surface area (Å²) >= 11 is 5.32. The number of phenolic OH excluding ortho intramolecular Hbond substituents is 1. The van der Waals surface area contributed by atoms with E-state index < -0.39 is 0 Å². The monoisotopic (exact) mass is 180 g/mol. The van der Waals surface area contributed by atoms with Crippen LogP contribution in [-0.2, 0) is 0 Å². The van der Waals surface area contributed by atoms with Crippen LogP contribution in [0.3, 0.4) is 0 Å². The summed E-state index contributed by atoms with van der Waals surface area (Å²) in [4.78, 5) is 0. The first kappa shape index (κ1) is 8.88. The Morgan fingerprint density at radius 3 is 2.33 bits per heavy atom. The van der Waals surface area contributed by atoms with Gasteiger partial charge in [0.2, 0.25) is 0 Å². The first-order chi connectivity index (χ1) is 5.83. The van der Waals surface area contributed by atoms with E-state index in [1.807, 2.05) is 24.3 Å². The molecule has 2 heteroatoms. The van der Waals surface area contributed by atoms with Crippen LogP contribution in [0.15, 0.2) is 42.0 Å². The van der Waals surface area contributed by atoms with Crippen molar-refractivity contribution in [1.29, 1.82) is 0 Å². The summed E-state index contributed by atoms with van der Waals surface area (Å²) in [5, 5.41) is 8.97. The number of aromatic hydroxyl groups is 1. The fourth-order valence-electron chi connectivity index (χ4n) is 0.794. The van der Waals surface area contributed by atoms with Crippen molar-refractivity contribution in [3.05, 3.63) is 47.5 Å². The zero-order valence-corrected chi connectivity index (χ0v) is 7.20. The lowest BCUT2D eigenvalue weighted by molar-refractivity contribution is 0.475. The van der Waals surface area contributed by atoms with E-state index in [-0.39, 0.29) is 5.75 Å². The molecule has 1 N–H and O–H groups in total. The maximum atomic E-state index is 8.97. The van der Waals surface area contributed by atoms with Crippen LogP contribution in [0.2, 0.25) is 0 Å². The second-order valence-corrected chi connectivity index (χ2v) is 2.52. The lowest BCUT2D eigenvalue weighted by Gasteiger charge is -1.92. The summed E-state index contributed by atoms with van der Waals surface area (Å²) < 4.78 is 0. The Morgan fingerprint density at radius 2 is 1.75 bits per heavy atom. The Balaban J connectivity index is 2.70. The predicted octanol–water partition coefficient (Wildman–Crippen LogP) is 3.16. The molecule has 0 amide bonds. The zero-order chi connectivity index (χ0) is 8.81. The first-order valence-corrected chi connectivity index (χ1v) is 3.99. The number of phenols is 1. The minimum Gasteiger partial charge on any atom is -0.508 e. The van der Waals surface area contributed by atoms with Crippen LogP contribution >= 0.6 is 11.6 Å². The Labute approximate surface area is 76.6 Å². The van der Waals surface area contributed by atoms with Gasteiger partial charge in [-0.2, -0.15) is 0 Å². The molecule has 0 aliphatic rings. The highest BCUT2D eigenvalue weighted by Crippen LogP contribution is 2.10. The third-order valence-electron chi connectivity index (χ3n) is 1.37. The van der Waals surface area contributed by atoms with E-state index in [1.54, 1.807) is 18.2 Å². The van der Waals surface area contributed by atoms with Gasteiger partial charge in [0.1, 0.15) is 5.75 Å². The molecule has 12 heavy (non-hydrogen) atoms. The second-order valence-electron chi connectivity index (χ2n) is 2.27. The molecule has 0 aliphatic heterocycles. The molecule has 0 spiro atoms. The molecule has 62 valence electrons. The Kier molecular flexibility index (Phi) is 3.42. The molecule has 0 fully saturated rings. The number of hydrogen-bond donors (Lipinski definition) is 1. The highest BCUT2D eigenvalue weighted by Gasteiger charge is 1.85. The average Bonchev–Trinajstić information content (AvgIpc) is 2.09. The number of hydrogen-bond acceptors (Lipinski definition) is 1. The van der Waals surface area contributed by atoms with Gasteiger partial charge in [0.25, 0.3) is 0 Å². The van der Waals surface area contributed by atoms with E-state index in [4.69, 9.17) is 16.7 Å². The summed E-state index contributed by atoms with van der Waals surface area (Å²) in [6.07, 6.45) is 5.46. The van der Waals surface area contributed by atoms with Crippen LogP contribution in [-0.4, -0.2) is 5.11 Å². The van der Waals surface area contributed by atoms with Crippen molar-refractivity contribution < 1.29 is 5.11 Å². The van der Waals surface area contributed by atoms with E-state index in [2.05, 4.69) is 0 Å². The summed E-state index contributed by atoms with van der Waals surface area (Å²) in [6, 6.07) is 6.94. The molecular formula is C10H9ClO. The Hall–Kier alpha value is -1.21. The fraction of sp³-hybridized carbons (Fsp3) is 0. The largest absolute Gasteiger partial charge is 0.508 e. The third kappa shape index (κ3) is 2.81. The van der Waals surface area contributed by atoms with Gasteiger partial charge < -0.3 is 5.11 Å². The second kappa shape index (κ2) is 4.62. The topological polar surface area (TPSA) is 20.2 Å². The third-order valence-corrected chi connectivity index (χ3v) is 1.51. The normalized spacial score (nSPS) is 11.4. The molecule has 0 heterocycles. The van der Waals surface area contributed by atoms with Gasteiger partial charge in [-0.15, -0.1) is 0 Å². The molecular weight excluding hydrogens is 172 g/mol. The maximum Gasteiger partial charge on any atom is 0.115 e. The molecule has 1 nitrogen and oxygen atoms in total. The van der Waals surface area contributed by atoms with Crippen molar-refractivity contribution in [3.63, 3.8) is 0 Å². The van der Waals surface area contributed by atoms with Crippen LogP contribution in [0.1, 0.15) is 5.56 Å². The summed E-state index contributed by atoms with van der Waals surface area (Å²) in [7, 11) is 0. The summed E-state index contributed by atoms with van der Waals surface area (Å²) in [6.45, 7) is 0. The molecule has 0 aliphatic carbocycles. The highest BCUT2D eigenvalue weighted by molar-refractivity contribution is 6.25. The zero-order valence-electron chi connectivity index (χ0n) is 6.44. The van der Waals surface area contributed by atoms with Crippen LogP contribution < -0.4 is 0 Å². The molecule has 0 bridgehead atoms. The molecule has 1 aromatic rings. The molecule has 0 radical (unpaired) electrons. The van der Waals surface area contributed by atoms with Gasteiger partial charge in [-0.3, -0.25) is 0 Å². The lowest BCUT2D eigenvalue weighted by Crippen LogP contribution is -1.68.